The van der Waals surface area contributed by atoms with Crippen LogP contribution in [0.4, 0.5) is 0 Å². The van der Waals surface area contributed by atoms with Crippen molar-refractivity contribution in [3.63, 3.8) is 0 Å². The quantitative estimate of drug-likeness (QED) is 0.293. The molecular formula is C18H31NO9. The van der Waals surface area contributed by atoms with E-state index in [0.717, 1.165) is 0 Å². The van der Waals surface area contributed by atoms with E-state index in [4.69, 9.17) is 14.2 Å². The zero-order valence-electron chi connectivity index (χ0n) is 16.1. The highest BCUT2D eigenvalue weighted by atomic mass is 16.6. The highest BCUT2D eigenvalue weighted by Crippen LogP contribution is 2.46. The van der Waals surface area contributed by atoms with E-state index in [1.54, 1.807) is 6.92 Å². The number of hydrogen-bond acceptors (Lipinski definition) is 9. The second-order valence-corrected chi connectivity index (χ2v) is 8.12. The minimum absolute atomic E-state index is 0.192. The van der Waals surface area contributed by atoms with Crippen molar-refractivity contribution in [2.45, 2.75) is 81.6 Å². The Morgan fingerprint density at radius 1 is 1.11 bits per heavy atom. The molecule has 28 heavy (non-hydrogen) atoms. The van der Waals surface area contributed by atoms with Gasteiger partial charge >= 0.3 is 0 Å². The number of hydrogen-bond donors (Lipinski definition) is 6. The van der Waals surface area contributed by atoms with Gasteiger partial charge in [-0.1, -0.05) is 6.92 Å². The molecule has 6 rings (SSSR count). The zero-order valence-corrected chi connectivity index (χ0v) is 16.1. The molecule has 6 aliphatic rings. The fourth-order valence-corrected chi connectivity index (χ4v) is 4.83. The third-order valence-electron chi connectivity index (χ3n) is 6.37. The fraction of sp³-hybridized carbons (Fsp3) is 0.944. The number of aliphatic hydroxyl groups excluding tert-OH is 5. The van der Waals surface area contributed by atoms with E-state index in [-0.39, 0.29) is 6.61 Å². The Morgan fingerprint density at radius 2 is 1.82 bits per heavy atom. The van der Waals surface area contributed by atoms with Crippen LogP contribution in [0.25, 0.3) is 0 Å². The molecule has 0 aliphatic carbocycles. The molecule has 10 atom stereocenters. The van der Waals surface area contributed by atoms with E-state index in [9.17, 15) is 30.3 Å². The van der Waals surface area contributed by atoms with Gasteiger partial charge in [-0.25, -0.2) is 0 Å². The van der Waals surface area contributed by atoms with Gasteiger partial charge in [-0.15, -0.1) is 0 Å². The lowest BCUT2D eigenvalue weighted by molar-refractivity contribution is -0.310. The SMILES string of the molecule is CC(=O)N[C@H]1[C@H](O)C2CCCO[C@H]3[C@H](O)[C@@H](O)C(O[C@@H]3CO)[C@@]1(C)[C@@H](CO)O2. The van der Waals surface area contributed by atoms with Crippen LogP contribution in [-0.4, -0.2) is 106 Å². The number of ether oxygens (including phenoxy) is 3. The number of carbonyl (C=O) groups is 1. The van der Waals surface area contributed by atoms with Crippen LogP contribution in [0, 0.1) is 5.41 Å². The predicted molar refractivity (Wildman–Crippen MR) is 94.2 cm³/mol. The summed E-state index contributed by atoms with van der Waals surface area (Å²) in [6.07, 6.45) is -7.61. The van der Waals surface area contributed by atoms with Crippen molar-refractivity contribution in [2.24, 2.45) is 5.41 Å². The first kappa shape index (κ1) is 21.8. The maximum atomic E-state index is 11.9. The average Bonchev–Trinajstić information content (AvgIpc) is 2.65. The molecule has 0 aromatic rings. The van der Waals surface area contributed by atoms with Crippen molar-refractivity contribution in [3.8, 4) is 0 Å². The molecule has 6 saturated heterocycles. The van der Waals surface area contributed by atoms with Gasteiger partial charge < -0.3 is 45.1 Å². The van der Waals surface area contributed by atoms with E-state index >= 15 is 0 Å². The van der Waals surface area contributed by atoms with Gasteiger partial charge in [0.1, 0.15) is 30.5 Å². The van der Waals surface area contributed by atoms with Gasteiger partial charge in [0.25, 0.3) is 0 Å². The lowest BCUT2D eigenvalue weighted by Gasteiger charge is -2.58. The number of carbonyl (C=O) groups excluding carboxylic acids is 1. The maximum Gasteiger partial charge on any atom is 0.217 e. The van der Waals surface area contributed by atoms with Crippen LogP contribution in [0.1, 0.15) is 26.7 Å². The molecule has 1 amide bonds. The minimum atomic E-state index is -1.45. The van der Waals surface area contributed by atoms with Crippen LogP contribution < -0.4 is 5.32 Å². The molecule has 0 saturated carbocycles. The summed E-state index contributed by atoms with van der Waals surface area (Å²) in [7, 11) is 0. The van der Waals surface area contributed by atoms with E-state index in [2.05, 4.69) is 5.32 Å². The molecular weight excluding hydrogens is 374 g/mol. The predicted octanol–water partition coefficient (Wildman–Crippen LogP) is -2.72. The summed E-state index contributed by atoms with van der Waals surface area (Å²) >= 11 is 0. The molecule has 0 spiro atoms. The summed E-state index contributed by atoms with van der Waals surface area (Å²) in [4.78, 5) is 11.9. The first-order valence-electron chi connectivity index (χ1n) is 9.71. The van der Waals surface area contributed by atoms with Crippen LogP contribution in [0.15, 0.2) is 0 Å². The third kappa shape index (κ3) is 3.56. The van der Waals surface area contributed by atoms with Crippen molar-refractivity contribution < 1.29 is 44.5 Å². The van der Waals surface area contributed by atoms with Gasteiger partial charge in [0.15, 0.2) is 0 Å². The standard InChI is InChI=1S/C18H31NO9/c1-8(22)19-16-12(23)9-4-3-5-26-15-10(6-20)28-17(14(25)13(15)24)18(16,2)11(7-21)27-9/h9-17,20-21,23-25H,3-7H2,1-2H3,(H,19,22)/t9?,10-,11-,12-,13-,14-,15-,16+,17?,18+/m1/s1. The number of rotatable bonds is 3. The number of amides is 1. The largest absolute Gasteiger partial charge is 0.394 e. The Hall–Kier alpha value is -0.850. The normalized spacial score (nSPS) is 49.3. The molecule has 0 aromatic carbocycles. The average molecular weight is 405 g/mol. The Morgan fingerprint density at radius 3 is 2.43 bits per heavy atom. The molecule has 6 heterocycles. The molecule has 10 heteroatoms. The lowest BCUT2D eigenvalue weighted by Crippen LogP contribution is -2.75. The van der Waals surface area contributed by atoms with Crippen LogP contribution in [0.3, 0.4) is 0 Å². The van der Waals surface area contributed by atoms with Crippen molar-refractivity contribution in [3.05, 3.63) is 0 Å². The minimum Gasteiger partial charge on any atom is -0.394 e. The third-order valence-corrected chi connectivity index (χ3v) is 6.37. The van der Waals surface area contributed by atoms with Gasteiger partial charge in [0.05, 0.1) is 37.6 Å². The van der Waals surface area contributed by atoms with E-state index in [1.165, 1.54) is 6.92 Å². The van der Waals surface area contributed by atoms with Crippen LogP contribution in [0.5, 0.6) is 0 Å². The van der Waals surface area contributed by atoms with E-state index in [0.29, 0.717) is 12.8 Å². The van der Waals surface area contributed by atoms with Crippen molar-refractivity contribution in [1.29, 1.82) is 0 Å². The molecule has 6 aliphatic heterocycles. The molecule has 0 aromatic heterocycles. The van der Waals surface area contributed by atoms with E-state index in [1.807, 2.05) is 0 Å². The molecule has 4 bridgehead atoms. The molecule has 10 nitrogen and oxygen atoms in total. The summed E-state index contributed by atoms with van der Waals surface area (Å²) in [5, 5.41) is 55.0. The topological polar surface area (TPSA) is 158 Å². The summed E-state index contributed by atoms with van der Waals surface area (Å²) in [5.74, 6) is -0.398. The van der Waals surface area contributed by atoms with Crippen molar-refractivity contribution in [1.82, 2.24) is 5.32 Å². The fourth-order valence-electron chi connectivity index (χ4n) is 4.83. The molecule has 2 unspecified atom stereocenters. The maximum absolute atomic E-state index is 11.9. The van der Waals surface area contributed by atoms with Gasteiger partial charge in [0, 0.05) is 18.9 Å². The second kappa shape index (κ2) is 8.49. The van der Waals surface area contributed by atoms with Gasteiger partial charge in [-0.2, -0.15) is 0 Å². The van der Waals surface area contributed by atoms with Crippen molar-refractivity contribution >= 4 is 5.91 Å². The Kier molecular flexibility index (Phi) is 6.62. The molecule has 0 radical (unpaired) electrons. The summed E-state index contributed by atoms with van der Waals surface area (Å²) < 4.78 is 17.6. The van der Waals surface area contributed by atoms with Gasteiger partial charge in [-0.3, -0.25) is 4.79 Å². The number of nitrogens with one attached hydrogen (secondary N) is 1. The van der Waals surface area contributed by atoms with E-state index < -0.39 is 79.4 Å². The van der Waals surface area contributed by atoms with Gasteiger partial charge in [-0.05, 0) is 12.8 Å². The highest BCUT2D eigenvalue weighted by Gasteiger charge is 2.62. The molecule has 6 fully saturated rings. The second-order valence-electron chi connectivity index (χ2n) is 8.12. The Bertz CT molecular complexity index is 561. The Balaban J connectivity index is 2.10. The van der Waals surface area contributed by atoms with Crippen LogP contribution >= 0.6 is 0 Å². The Labute approximate surface area is 163 Å². The zero-order chi connectivity index (χ0) is 20.6. The molecule has 6 N–H and O–H groups in total. The van der Waals surface area contributed by atoms with Gasteiger partial charge in [0.2, 0.25) is 5.91 Å². The summed E-state index contributed by atoms with van der Waals surface area (Å²) in [6, 6.07) is -0.913. The smallest absolute Gasteiger partial charge is 0.217 e. The van der Waals surface area contributed by atoms with Crippen LogP contribution in [0.2, 0.25) is 0 Å². The highest BCUT2D eigenvalue weighted by molar-refractivity contribution is 5.73. The van der Waals surface area contributed by atoms with Crippen molar-refractivity contribution in [2.75, 3.05) is 19.8 Å². The first-order valence-corrected chi connectivity index (χ1v) is 9.71. The van der Waals surface area contributed by atoms with Crippen LogP contribution in [-0.2, 0) is 19.0 Å². The summed E-state index contributed by atoms with van der Waals surface area (Å²) in [6.45, 7) is 2.22. The summed E-state index contributed by atoms with van der Waals surface area (Å²) in [5.41, 5.74) is -1.30. The first-order chi connectivity index (χ1) is 13.2. The molecule has 162 valence electrons. The lowest BCUT2D eigenvalue weighted by atomic mass is 9.64. The monoisotopic (exact) mass is 405 g/mol. The number of aliphatic hydroxyl groups is 5.